The lowest BCUT2D eigenvalue weighted by Crippen LogP contribution is -2.46. The Morgan fingerprint density at radius 2 is 2.13 bits per heavy atom. The van der Waals surface area contributed by atoms with E-state index >= 15 is 0 Å². The van der Waals surface area contributed by atoms with E-state index in [0.29, 0.717) is 19.2 Å². The molecule has 2 N–H and O–H groups in total. The number of rotatable bonds is 8. The highest BCUT2D eigenvalue weighted by Crippen LogP contribution is 2.25. The van der Waals surface area contributed by atoms with E-state index in [4.69, 9.17) is 9.73 Å². The monoisotopic (exact) mass is 432 g/mol. The number of aryl methyl sites for hydroxylation is 1. The summed E-state index contributed by atoms with van der Waals surface area (Å²) in [6.07, 6.45) is 4.51. The predicted octanol–water partition coefficient (Wildman–Crippen LogP) is 2.58. The molecule has 9 heteroatoms. The van der Waals surface area contributed by atoms with Crippen LogP contribution in [0.4, 0.5) is 0 Å². The largest absolute Gasteiger partial charge is 0.466 e. The summed E-state index contributed by atoms with van der Waals surface area (Å²) < 4.78 is 7.13. The van der Waals surface area contributed by atoms with Crippen LogP contribution in [0.2, 0.25) is 0 Å². The van der Waals surface area contributed by atoms with Gasteiger partial charge in [0.25, 0.3) is 0 Å². The van der Waals surface area contributed by atoms with Gasteiger partial charge in [-0.3, -0.25) is 4.79 Å². The summed E-state index contributed by atoms with van der Waals surface area (Å²) in [5.74, 6) is 2.45. The summed E-state index contributed by atoms with van der Waals surface area (Å²) in [5.41, 5.74) is 0. The van der Waals surface area contributed by atoms with Gasteiger partial charge in [0.15, 0.2) is 11.8 Å². The van der Waals surface area contributed by atoms with Crippen LogP contribution in [-0.2, 0) is 29.5 Å². The third-order valence-corrected chi connectivity index (χ3v) is 6.43. The SMILES string of the molecule is CCOC(=O)C1CCC(NC(=NCc2nnc(C)n2C)NCCc2cccs2)CC1. The van der Waals surface area contributed by atoms with Crippen molar-refractivity contribution in [3.8, 4) is 0 Å². The zero-order valence-electron chi connectivity index (χ0n) is 18.1. The molecule has 1 aliphatic rings. The Morgan fingerprint density at radius 1 is 1.33 bits per heavy atom. The molecule has 0 spiro atoms. The molecule has 0 atom stereocenters. The minimum absolute atomic E-state index is 0.0248. The Labute approximate surface area is 182 Å². The van der Waals surface area contributed by atoms with Crippen LogP contribution >= 0.6 is 11.3 Å². The van der Waals surface area contributed by atoms with Gasteiger partial charge < -0.3 is 19.9 Å². The van der Waals surface area contributed by atoms with E-state index in [-0.39, 0.29) is 11.9 Å². The maximum atomic E-state index is 12.0. The number of carbonyl (C=O) groups excluding carboxylic acids is 1. The molecule has 8 nitrogen and oxygen atoms in total. The van der Waals surface area contributed by atoms with Gasteiger partial charge >= 0.3 is 5.97 Å². The second-order valence-corrected chi connectivity index (χ2v) is 8.62. The van der Waals surface area contributed by atoms with E-state index in [9.17, 15) is 4.79 Å². The fourth-order valence-electron chi connectivity index (χ4n) is 3.58. The van der Waals surface area contributed by atoms with E-state index in [1.54, 1.807) is 11.3 Å². The summed E-state index contributed by atoms with van der Waals surface area (Å²) in [6, 6.07) is 4.52. The van der Waals surface area contributed by atoms with E-state index in [2.05, 4.69) is 38.3 Å². The lowest BCUT2D eigenvalue weighted by Gasteiger charge is -2.29. The second kappa shape index (κ2) is 11.1. The fourth-order valence-corrected chi connectivity index (χ4v) is 4.29. The first-order valence-electron chi connectivity index (χ1n) is 10.7. The Balaban J connectivity index is 1.57. The van der Waals surface area contributed by atoms with Gasteiger partial charge in [-0.25, -0.2) is 4.99 Å². The average molecular weight is 433 g/mol. The first-order chi connectivity index (χ1) is 14.6. The standard InChI is InChI=1S/C21H32N6O2S/c1-4-29-20(28)16-7-9-17(10-8-16)24-21(22-12-11-18-6-5-13-30-18)23-14-19-26-25-15(2)27(19)3/h5-6,13,16-17H,4,7-12,14H2,1-3H3,(H2,22,23,24). The van der Waals surface area contributed by atoms with Crippen LogP contribution in [0.5, 0.6) is 0 Å². The minimum Gasteiger partial charge on any atom is -0.466 e. The molecule has 2 aromatic rings. The predicted molar refractivity (Wildman–Crippen MR) is 118 cm³/mol. The number of ether oxygens (including phenoxy) is 1. The summed E-state index contributed by atoms with van der Waals surface area (Å²) in [7, 11) is 1.95. The van der Waals surface area contributed by atoms with Crippen LogP contribution in [0.15, 0.2) is 22.5 Å². The van der Waals surface area contributed by atoms with Gasteiger partial charge in [-0.2, -0.15) is 0 Å². The molecule has 0 aliphatic heterocycles. The van der Waals surface area contributed by atoms with Crippen LogP contribution in [0.3, 0.4) is 0 Å². The van der Waals surface area contributed by atoms with Crippen molar-refractivity contribution >= 4 is 23.3 Å². The molecular weight excluding hydrogens is 400 g/mol. The van der Waals surface area contributed by atoms with Crippen molar-refractivity contribution < 1.29 is 9.53 Å². The number of aliphatic imine (C=N–C) groups is 1. The lowest BCUT2D eigenvalue weighted by molar-refractivity contribution is -0.149. The van der Waals surface area contributed by atoms with Gasteiger partial charge in [0, 0.05) is 24.5 Å². The first kappa shape index (κ1) is 22.3. The van der Waals surface area contributed by atoms with E-state index in [1.165, 1.54) is 4.88 Å². The first-order valence-corrected chi connectivity index (χ1v) is 11.5. The molecule has 0 amide bonds. The smallest absolute Gasteiger partial charge is 0.308 e. The molecule has 2 aromatic heterocycles. The van der Waals surface area contributed by atoms with Crippen LogP contribution in [0.25, 0.3) is 0 Å². The molecule has 1 fully saturated rings. The molecule has 0 saturated heterocycles. The Hall–Kier alpha value is -2.42. The summed E-state index contributed by atoms with van der Waals surface area (Å²) in [5, 5.41) is 17.4. The molecule has 2 heterocycles. The fraction of sp³-hybridized carbons (Fsp3) is 0.619. The Kier molecular flexibility index (Phi) is 8.24. The summed E-state index contributed by atoms with van der Waals surface area (Å²) in [6.45, 7) is 5.50. The van der Waals surface area contributed by atoms with Crippen LogP contribution < -0.4 is 10.6 Å². The molecular formula is C21H32N6O2S. The number of aromatic nitrogens is 3. The number of guanidine groups is 1. The Morgan fingerprint density at radius 3 is 2.77 bits per heavy atom. The van der Waals surface area contributed by atoms with Crippen LogP contribution in [0, 0.1) is 12.8 Å². The van der Waals surface area contributed by atoms with Crippen LogP contribution in [0.1, 0.15) is 49.1 Å². The van der Waals surface area contributed by atoms with Crippen molar-refractivity contribution in [1.82, 2.24) is 25.4 Å². The Bertz CT molecular complexity index is 825. The number of nitrogens with zero attached hydrogens (tertiary/aromatic N) is 4. The van der Waals surface area contributed by atoms with Gasteiger partial charge in [-0.15, -0.1) is 21.5 Å². The molecule has 0 radical (unpaired) electrons. The number of hydrogen-bond acceptors (Lipinski definition) is 6. The van der Waals surface area contributed by atoms with E-state index < -0.39 is 0 Å². The molecule has 0 bridgehead atoms. The molecule has 0 unspecified atom stereocenters. The van der Waals surface area contributed by atoms with Gasteiger partial charge in [-0.05, 0) is 57.4 Å². The lowest BCUT2D eigenvalue weighted by atomic mass is 9.86. The summed E-state index contributed by atoms with van der Waals surface area (Å²) >= 11 is 1.77. The van der Waals surface area contributed by atoms with Crippen molar-refractivity contribution in [2.75, 3.05) is 13.2 Å². The number of thiophene rings is 1. The van der Waals surface area contributed by atoms with Crippen molar-refractivity contribution in [2.24, 2.45) is 18.0 Å². The van der Waals surface area contributed by atoms with E-state index in [0.717, 1.165) is 56.3 Å². The number of esters is 1. The van der Waals surface area contributed by atoms with Gasteiger partial charge in [0.2, 0.25) is 0 Å². The normalized spacial score (nSPS) is 19.5. The molecule has 30 heavy (non-hydrogen) atoms. The third-order valence-electron chi connectivity index (χ3n) is 5.49. The molecule has 1 saturated carbocycles. The molecule has 164 valence electrons. The van der Waals surface area contributed by atoms with Gasteiger partial charge in [0.1, 0.15) is 12.4 Å². The molecule has 3 rings (SSSR count). The number of hydrogen-bond donors (Lipinski definition) is 2. The van der Waals surface area contributed by atoms with Gasteiger partial charge in [0.05, 0.1) is 12.5 Å². The van der Waals surface area contributed by atoms with Gasteiger partial charge in [-0.1, -0.05) is 6.07 Å². The number of nitrogens with one attached hydrogen (secondary N) is 2. The maximum absolute atomic E-state index is 12.0. The van der Waals surface area contributed by atoms with Crippen molar-refractivity contribution in [2.45, 2.75) is 58.5 Å². The zero-order chi connectivity index (χ0) is 21.3. The second-order valence-electron chi connectivity index (χ2n) is 7.59. The topological polar surface area (TPSA) is 93.4 Å². The van der Waals surface area contributed by atoms with Crippen molar-refractivity contribution in [3.63, 3.8) is 0 Å². The summed E-state index contributed by atoms with van der Waals surface area (Å²) in [4.78, 5) is 18.1. The molecule has 0 aromatic carbocycles. The highest BCUT2D eigenvalue weighted by Gasteiger charge is 2.27. The maximum Gasteiger partial charge on any atom is 0.308 e. The molecule has 1 aliphatic carbocycles. The van der Waals surface area contributed by atoms with Crippen LogP contribution in [-0.4, -0.2) is 45.9 Å². The van der Waals surface area contributed by atoms with Crippen molar-refractivity contribution in [1.29, 1.82) is 0 Å². The highest BCUT2D eigenvalue weighted by atomic mass is 32.1. The zero-order valence-corrected chi connectivity index (χ0v) is 18.9. The average Bonchev–Trinajstić information content (AvgIpc) is 3.37. The number of carbonyl (C=O) groups is 1. The minimum atomic E-state index is -0.0587. The third kappa shape index (κ3) is 6.29. The van der Waals surface area contributed by atoms with E-state index in [1.807, 2.05) is 25.5 Å². The highest BCUT2D eigenvalue weighted by molar-refractivity contribution is 7.09. The van der Waals surface area contributed by atoms with Crippen molar-refractivity contribution in [3.05, 3.63) is 34.0 Å². The quantitative estimate of drug-likeness (QED) is 0.378.